The van der Waals surface area contributed by atoms with Crippen molar-refractivity contribution in [3.8, 4) is 0 Å². The van der Waals surface area contributed by atoms with Gasteiger partial charge in [0.15, 0.2) is 0 Å². The number of alkyl halides is 12. The standard InChI is InChI=1S/C8F12P2S/c9-5(10,11)1-2(6(12,13)14)22-4(8(18,19)20)3(7(15,16)17)21(1)23-22. The maximum atomic E-state index is 12.8. The van der Waals surface area contributed by atoms with Gasteiger partial charge in [-0.25, -0.2) is 0 Å². The van der Waals surface area contributed by atoms with E-state index in [0.29, 0.717) is 0 Å². The summed E-state index contributed by atoms with van der Waals surface area (Å²) in [7, 11) is -7.73. The van der Waals surface area contributed by atoms with E-state index in [4.69, 9.17) is 0 Å². The SMILES string of the molecule is FC(F)(F)C1=C(C(F)(F)F)P2SP1C(C(F)(F)F)=C2C(F)(F)F. The molecule has 0 aliphatic carbocycles. The molecule has 23 heavy (non-hydrogen) atoms. The van der Waals surface area contributed by atoms with Gasteiger partial charge in [0.05, 0.1) is 21.3 Å². The van der Waals surface area contributed by atoms with Gasteiger partial charge >= 0.3 is 24.7 Å². The Hall–Kier alpha value is -0.150. The molecule has 2 aliphatic rings. The van der Waals surface area contributed by atoms with E-state index in [1.54, 1.807) is 0 Å². The third-order valence-electron chi connectivity index (χ3n) is 2.50. The highest BCUT2D eigenvalue weighted by Gasteiger charge is 2.69. The van der Waals surface area contributed by atoms with Crippen LogP contribution < -0.4 is 0 Å². The van der Waals surface area contributed by atoms with Gasteiger partial charge in [-0.05, 0) is 0 Å². The fraction of sp³-hybridized carbons (Fsp3) is 0.500. The van der Waals surface area contributed by atoms with E-state index >= 15 is 0 Å². The van der Waals surface area contributed by atoms with Gasteiger partial charge in [-0.2, -0.15) is 52.7 Å². The second kappa shape index (κ2) is 5.17. The third kappa shape index (κ3) is 3.20. The number of hydrogen-bond acceptors (Lipinski definition) is 1. The summed E-state index contributed by atoms with van der Waals surface area (Å²) >= 11 is -0.527. The lowest BCUT2D eigenvalue weighted by Crippen LogP contribution is -2.26. The fourth-order valence-corrected chi connectivity index (χ4v) is 15.2. The van der Waals surface area contributed by atoms with E-state index in [1.165, 1.54) is 0 Å². The van der Waals surface area contributed by atoms with Gasteiger partial charge in [0, 0.05) is 14.2 Å². The summed E-state index contributed by atoms with van der Waals surface area (Å²) in [4.78, 5) is 0. The number of rotatable bonds is 0. The molecular weight excluding hydrogens is 418 g/mol. The van der Waals surface area contributed by atoms with Crippen molar-refractivity contribution in [2.24, 2.45) is 0 Å². The molecule has 0 N–H and O–H groups in total. The average molecular weight is 418 g/mol. The zero-order valence-electron chi connectivity index (χ0n) is 9.84. The summed E-state index contributed by atoms with van der Waals surface area (Å²) in [6.07, 6.45) is -23.2. The van der Waals surface area contributed by atoms with E-state index in [0.717, 1.165) is 0 Å². The Balaban J connectivity index is 2.76. The van der Waals surface area contributed by atoms with Crippen molar-refractivity contribution in [1.29, 1.82) is 0 Å². The lowest BCUT2D eigenvalue weighted by Gasteiger charge is -2.27. The Morgan fingerprint density at radius 3 is 0.739 bits per heavy atom. The average Bonchev–Trinajstić information content (AvgIpc) is 2.77. The zero-order chi connectivity index (χ0) is 18.2. The Kier molecular flexibility index (Phi) is 4.31. The second-order valence-corrected chi connectivity index (χ2v) is 11.3. The van der Waals surface area contributed by atoms with Gasteiger partial charge in [-0.3, -0.25) is 0 Å². The monoisotopic (exact) mass is 418 g/mol. The Morgan fingerprint density at radius 2 is 0.609 bits per heavy atom. The van der Waals surface area contributed by atoms with Gasteiger partial charge in [-0.1, -0.05) is 11.0 Å². The van der Waals surface area contributed by atoms with E-state index in [9.17, 15) is 52.7 Å². The van der Waals surface area contributed by atoms with Crippen molar-refractivity contribution >= 4 is 25.2 Å². The van der Waals surface area contributed by atoms with Crippen LogP contribution in [0.5, 0.6) is 0 Å². The molecule has 2 heterocycles. The van der Waals surface area contributed by atoms with Gasteiger partial charge < -0.3 is 0 Å². The van der Waals surface area contributed by atoms with Crippen LogP contribution in [0.2, 0.25) is 0 Å². The molecule has 2 rings (SSSR count). The zero-order valence-corrected chi connectivity index (χ0v) is 12.4. The molecule has 0 unspecified atom stereocenters. The maximum absolute atomic E-state index is 12.8. The van der Waals surface area contributed by atoms with Crippen molar-refractivity contribution in [3.63, 3.8) is 0 Å². The van der Waals surface area contributed by atoms with Crippen molar-refractivity contribution < 1.29 is 52.7 Å². The normalized spacial score (nSPS) is 26.6. The summed E-state index contributed by atoms with van der Waals surface area (Å²) in [5.74, 6) is 0. The molecule has 0 spiro atoms. The quantitative estimate of drug-likeness (QED) is 0.296. The molecule has 0 fully saturated rings. The van der Waals surface area contributed by atoms with Crippen LogP contribution in [0.15, 0.2) is 21.3 Å². The number of hydrogen-bond donors (Lipinski definition) is 0. The highest BCUT2D eigenvalue weighted by Crippen LogP contribution is 2.98. The first-order valence-corrected chi connectivity index (χ1v) is 9.74. The predicted molar refractivity (Wildman–Crippen MR) is 59.7 cm³/mol. The minimum atomic E-state index is -5.80. The molecule has 0 saturated carbocycles. The van der Waals surface area contributed by atoms with Crippen LogP contribution in [0.25, 0.3) is 0 Å². The van der Waals surface area contributed by atoms with Crippen LogP contribution >= 0.6 is 25.2 Å². The van der Waals surface area contributed by atoms with Crippen LogP contribution in [-0.2, 0) is 0 Å². The van der Waals surface area contributed by atoms with E-state index in [1.807, 2.05) is 0 Å². The van der Waals surface area contributed by atoms with Crippen LogP contribution in [0.3, 0.4) is 0 Å². The first-order valence-electron chi connectivity index (χ1n) is 5.03. The van der Waals surface area contributed by atoms with Crippen LogP contribution in [0, 0.1) is 0 Å². The molecule has 2 bridgehead atoms. The Bertz CT molecular complexity index is 488. The molecule has 132 valence electrons. The first kappa shape index (κ1) is 19.2. The van der Waals surface area contributed by atoms with Crippen LogP contribution in [0.1, 0.15) is 0 Å². The molecule has 0 nitrogen and oxygen atoms in total. The molecule has 0 aromatic rings. The van der Waals surface area contributed by atoms with Crippen LogP contribution in [0.4, 0.5) is 52.7 Å². The highest BCUT2D eigenvalue weighted by atomic mass is 33.1. The molecule has 0 aromatic heterocycles. The maximum Gasteiger partial charge on any atom is 0.418 e. The summed E-state index contributed by atoms with van der Waals surface area (Å²) < 4.78 is 153. The van der Waals surface area contributed by atoms with E-state index in [-0.39, 0.29) is 0 Å². The molecule has 0 atom stereocenters. The molecule has 0 amide bonds. The molecule has 2 aliphatic heterocycles. The van der Waals surface area contributed by atoms with Crippen LogP contribution in [-0.4, -0.2) is 24.7 Å². The molecule has 0 radical (unpaired) electrons. The van der Waals surface area contributed by atoms with Gasteiger partial charge in [-0.15, -0.1) is 0 Å². The molecular formula is C8F12P2S. The Morgan fingerprint density at radius 1 is 0.435 bits per heavy atom. The summed E-state index contributed by atoms with van der Waals surface area (Å²) in [6, 6.07) is 0. The lowest BCUT2D eigenvalue weighted by atomic mass is 10.4. The van der Waals surface area contributed by atoms with Crippen molar-refractivity contribution in [2.45, 2.75) is 24.7 Å². The molecule has 15 heteroatoms. The minimum Gasteiger partial charge on any atom is -0.166 e. The van der Waals surface area contributed by atoms with Crippen molar-refractivity contribution in [1.82, 2.24) is 0 Å². The summed E-state index contributed by atoms with van der Waals surface area (Å²) in [6.45, 7) is 0. The summed E-state index contributed by atoms with van der Waals surface area (Å²) in [5.41, 5.74) is 0. The van der Waals surface area contributed by atoms with Gasteiger partial charge in [0.1, 0.15) is 0 Å². The first-order chi connectivity index (χ1) is 9.97. The topological polar surface area (TPSA) is 0 Å². The largest absolute Gasteiger partial charge is 0.418 e. The second-order valence-electron chi connectivity index (χ2n) is 4.06. The fourth-order valence-electron chi connectivity index (χ4n) is 1.85. The Labute approximate surface area is 125 Å². The minimum absolute atomic E-state index is 0.527. The van der Waals surface area contributed by atoms with E-state index < -0.39 is 71.2 Å². The molecule has 0 saturated heterocycles. The smallest absolute Gasteiger partial charge is 0.166 e. The lowest BCUT2D eigenvalue weighted by molar-refractivity contribution is -0.110. The predicted octanol–water partition coefficient (Wildman–Crippen LogP) is 7.21. The number of fused-ring (bicyclic) bond motifs is 2. The number of halogens is 12. The van der Waals surface area contributed by atoms with E-state index in [2.05, 4.69) is 0 Å². The number of allylic oxidation sites excluding steroid dienone is 4. The van der Waals surface area contributed by atoms with Gasteiger partial charge in [0.2, 0.25) is 0 Å². The highest BCUT2D eigenvalue weighted by molar-refractivity contribution is 8.90. The molecule has 0 aromatic carbocycles. The third-order valence-corrected chi connectivity index (χ3v) is 12.8. The van der Waals surface area contributed by atoms with Crippen molar-refractivity contribution in [3.05, 3.63) is 21.3 Å². The summed E-state index contributed by atoms with van der Waals surface area (Å²) in [5, 5.41) is -10.1. The van der Waals surface area contributed by atoms with Crippen molar-refractivity contribution in [2.75, 3.05) is 0 Å². The van der Waals surface area contributed by atoms with Gasteiger partial charge in [0.25, 0.3) is 0 Å².